The highest BCUT2D eigenvalue weighted by Crippen LogP contribution is 2.82. The summed E-state index contributed by atoms with van der Waals surface area (Å²) in [7, 11) is 1.05. The second-order valence-electron chi connectivity index (χ2n) is 15.5. The van der Waals surface area contributed by atoms with E-state index in [2.05, 4.69) is 0 Å². The molecule has 1 aromatic rings. The molecule has 1 aliphatic heterocycles. The molecule has 1 aromatic heterocycles. The third-order valence-corrected chi connectivity index (χ3v) is 13.1. The van der Waals surface area contributed by atoms with Crippen LogP contribution < -0.4 is 0 Å². The lowest BCUT2D eigenvalue weighted by atomic mass is 9.34. The number of hydrogen-bond donors (Lipinski definition) is 3. The van der Waals surface area contributed by atoms with Crippen LogP contribution in [0.15, 0.2) is 23.0 Å². The van der Waals surface area contributed by atoms with E-state index in [1.165, 1.54) is 25.5 Å². The lowest BCUT2D eigenvalue weighted by molar-refractivity contribution is -0.419. The van der Waals surface area contributed by atoms with Crippen LogP contribution in [0.25, 0.3) is 0 Å². The topological polar surface area (TPSA) is 232 Å². The Bertz CT molecular complexity index is 1670. The minimum atomic E-state index is -2.74. The van der Waals surface area contributed by atoms with Gasteiger partial charge in [0.1, 0.15) is 35.6 Å². The molecule has 0 spiro atoms. The maximum absolute atomic E-state index is 13.7. The van der Waals surface area contributed by atoms with Crippen LogP contribution in [0.5, 0.6) is 0 Å². The normalized spacial score (nSPS) is 45.3. The number of furan rings is 1. The summed E-state index contributed by atoms with van der Waals surface area (Å²) in [5, 5.41) is 40.5. The number of esters is 6. The van der Waals surface area contributed by atoms with E-state index < -0.39 is 130 Å². The van der Waals surface area contributed by atoms with Crippen LogP contribution in [0.3, 0.4) is 0 Å². The second-order valence-corrected chi connectivity index (χ2v) is 15.5. The largest absolute Gasteiger partial charge is 0.472 e. The van der Waals surface area contributed by atoms with Gasteiger partial charge in [0.25, 0.3) is 0 Å². The van der Waals surface area contributed by atoms with Crippen molar-refractivity contribution in [2.75, 3.05) is 7.11 Å². The molecule has 280 valence electrons. The zero-order valence-electron chi connectivity index (χ0n) is 29.6. The monoisotopic (exact) mass is 720 g/mol. The van der Waals surface area contributed by atoms with Crippen LogP contribution in [0.1, 0.15) is 79.4 Å². The Kier molecular flexibility index (Phi) is 8.28. The van der Waals surface area contributed by atoms with Crippen molar-refractivity contribution in [1.29, 1.82) is 0 Å². The van der Waals surface area contributed by atoms with E-state index in [-0.39, 0.29) is 6.42 Å². The Labute approximate surface area is 293 Å². The van der Waals surface area contributed by atoms with Gasteiger partial charge in [-0.25, -0.2) is 4.79 Å². The minimum Gasteiger partial charge on any atom is -0.472 e. The number of ether oxygens (including phenoxy) is 6. The third kappa shape index (κ3) is 4.47. The molecule has 2 heterocycles. The van der Waals surface area contributed by atoms with Crippen LogP contribution in [-0.4, -0.2) is 99.5 Å². The van der Waals surface area contributed by atoms with Gasteiger partial charge >= 0.3 is 35.8 Å². The van der Waals surface area contributed by atoms with Gasteiger partial charge in [0.05, 0.1) is 43.0 Å². The van der Waals surface area contributed by atoms with Crippen molar-refractivity contribution in [1.82, 2.24) is 0 Å². The maximum atomic E-state index is 13.7. The first-order valence-corrected chi connectivity index (χ1v) is 16.7. The molecule has 51 heavy (non-hydrogen) atoms. The number of carbonyl (C=O) groups excluding carboxylic acids is 6. The predicted molar refractivity (Wildman–Crippen MR) is 165 cm³/mol. The molecule has 0 unspecified atom stereocenters. The SMILES string of the molecule is COC(=O)[C@H](OC(C)=O)[C@H]1[C@@]2(C)C[C@]3(O)[C@H]([C@H]2OC(C)=O)[C@@H](OC(C)=O)[C@]2(O)[C@@H]4CC(=O)O[C@@H](c5ccoc5)[C@]4(C)[C@@H](OC(C)=O)C[C@]2(O)[C@]13C. The lowest BCUT2D eigenvalue weighted by Crippen LogP contribution is -2.90. The van der Waals surface area contributed by atoms with Gasteiger partial charge in [0, 0.05) is 62.3 Å². The van der Waals surface area contributed by atoms with Crippen LogP contribution >= 0.6 is 0 Å². The van der Waals surface area contributed by atoms with Gasteiger partial charge < -0.3 is 48.2 Å². The van der Waals surface area contributed by atoms with E-state index in [1.54, 1.807) is 13.8 Å². The molecular formula is C35H44O16. The molecule has 5 fully saturated rings. The molecule has 0 amide bonds. The van der Waals surface area contributed by atoms with Gasteiger partial charge in [-0.2, -0.15) is 0 Å². The Morgan fingerprint density at radius 2 is 1.51 bits per heavy atom. The molecule has 5 aliphatic rings. The van der Waals surface area contributed by atoms with Crippen LogP contribution in [0.2, 0.25) is 0 Å². The minimum absolute atomic E-state index is 0.311. The summed E-state index contributed by atoms with van der Waals surface area (Å²) in [5.41, 5.74) is -12.6. The van der Waals surface area contributed by atoms with Crippen molar-refractivity contribution in [2.45, 2.75) is 115 Å². The summed E-state index contributed by atoms with van der Waals surface area (Å²) in [6, 6.07) is 1.52. The zero-order valence-corrected chi connectivity index (χ0v) is 29.6. The van der Waals surface area contributed by atoms with E-state index in [1.807, 2.05) is 0 Å². The molecule has 16 heteroatoms. The Hall–Kier alpha value is -4.02. The summed E-state index contributed by atoms with van der Waals surface area (Å²) in [6.07, 6.45) is -6.68. The summed E-state index contributed by atoms with van der Waals surface area (Å²) < 4.78 is 39.6. The number of hydrogen-bond acceptors (Lipinski definition) is 16. The average molecular weight is 721 g/mol. The zero-order chi connectivity index (χ0) is 37.9. The smallest absolute Gasteiger partial charge is 0.347 e. The fraction of sp³-hybridized carbons (Fsp3) is 0.714. The van der Waals surface area contributed by atoms with Crippen molar-refractivity contribution in [3.63, 3.8) is 0 Å². The molecular weight excluding hydrogens is 676 g/mol. The fourth-order valence-corrected chi connectivity index (χ4v) is 11.5. The van der Waals surface area contributed by atoms with Crippen molar-refractivity contribution >= 4 is 35.8 Å². The van der Waals surface area contributed by atoms with Gasteiger partial charge in [-0.05, 0) is 12.5 Å². The third-order valence-electron chi connectivity index (χ3n) is 13.1. The molecule has 16 nitrogen and oxygen atoms in total. The number of rotatable bonds is 7. The highest BCUT2D eigenvalue weighted by Gasteiger charge is 2.94. The van der Waals surface area contributed by atoms with E-state index >= 15 is 0 Å². The molecule has 6 rings (SSSR count). The number of methoxy groups -OCH3 is 1. The van der Waals surface area contributed by atoms with Crippen molar-refractivity contribution < 1.29 is 76.9 Å². The molecule has 2 bridgehead atoms. The van der Waals surface area contributed by atoms with Gasteiger partial charge in [-0.15, -0.1) is 0 Å². The molecule has 1 saturated heterocycles. The van der Waals surface area contributed by atoms with E-state index in [0.29, 0.717) is 5.56 Å². The number of cyclic esters (lactones) is 1. The average Bonchev–Trinajstić information content (AvgIpc) is 3.67. The Balaban J connectivity index is 1.72. The molecule has 4 saturated carbocycles. The molecule has 14 atom stereocenters. The second kappa shape index (κ2) is 11.5. The highest BCUT2D eigenvalue weighted by molar-refractivity contribution is 5.80. The highest BCUT2D eigenvalue weighted by atomic mass is 16.6. The lowest BCUT2D eigenvalue weighted by Gasteiger charge is -2.75. The van der Waals surface area contributed by atoms with Gasteiger partial charge in [-0.1, -0.05) is 20.8 Å². The molecule has 0 aromatic carbocycles. The van der Waals surface area contributed by atoms with Crippen molar-refractivity contribution in [3.05, 3.63) is 24.2 Å². The summed E-state index contributed by atoms with van der Waals surface area (Å²) in [5.74, 6) is -9.78. The van der Waals surface area contributed by atoms with Gasteiger partial charge in [-0.3, -0.25) is 24.0 Å². The van der Waals surface area contributed by atoms with Crippen LogP contribution in [0.4, 0.5) is 0 Å². The quantitative estimate of drug-likeness (QED) is 0.264. The molecule has 0 radical (unpaired) electrons. The first-order valence-electron chi connectivity index (χ1n) is 16.7. The van der Waals surface area contributed by atoms with E-state index in [9.17, 15) is 44.1 Å². The van der Waals surface area contributed by atoms with Crippen LogP contribution in [-0.2, 0) is 57.2 Å². The number of aliphatic hydroxyl groups is 3. The molecule has 4 aliphatic carbocycles. The number of carbonyl (C=O) groups is 6. The van der Waals surface area contributed by atoms with Crippen molar-refractivity contribution in [2.24, 2.45) is 34.0 Å². The Morgan fingerprint density at radius 3 is 2.04 bits per heavy atom. The van der Waals surface area contributed by atoms with Gasteiger partial charge in [0.15, 0.2) is 0 Å². The first kappa shape index (κ1) is 36.8. The fourth-order valence-electron chi connectivity index (χ4n) is 11.5. The summed E-state index contributed by atoms with van der Waals surface area (Å²) in [6.45, 7) is 8.92. The summed E-state index contributed by atoms with van der Waals surface area (Å²) >= 11 is 0. The standard InChI is InChI=1S/C35H44O16/c1-15(36)47-21-12-34(43)32(7)25(24(29(41)45-8)48-16(2)37)30(5)14-33(32,42)23(27(30)49-17(3)38)28(50-18(4)39)35(34,44)20-11-22(40)51-26(31(20,21)6)19-9-10-46-13-19/h9-10,13,20-21,23-28,42-44H,11-12,14H2,1-8H3/t20-,21+,23-,24-,25+,26+,27-,28-,30-,31+,32-,33+,34+,35-/m1/s1. The molecule has 3 N–H and O–H groups in total. The van der Waals surface area contributed by atoms with E-state index in [4.69, 9.17) is 32.8 Å². The van der Waals surface area contributed by atoms with Crippen LogP contribution in [0, 0.1) is 34.0 Å². The first-order chi connectivity index (χ1) is 23.6. The Morgan fingerprint density at radius 1 is 0.902 bits per heavy atom. The number of fused-ring (bicyclic) bond motifs is 5. The van der Waals surface area contributed by atoms with Gasteiger partial charge in [0.2, 0.25) is 6.10 Å². The maximum Gasteiger partial charge on any atom is 0.347 e. The van der Waals surface area contributed by atoms with Crippen molar-refractivity contribution in [3.8, 4) is 0 Å². The summed E-state index contributed by atoms with van der Waals surface area (Å²) in [4.78, 5) is 78.4. The predicted octanol–water partition coefficient (Wildman–Crippen LogP) is 1.06. The van der Waals surface area contributed by atoms with E-state index in [0.717, 1.165) is 34.8 Å².